The van der Waals surface area contributed by atoms with E-state index in [9.17, 15) is 4.39 Å². The Labute approximate surface area is 63.8 Å². The summed E-state index contributed by atoms with van der Waals surface area (Å²) in [5.41, 5.74) is 0.312. The molecule has 0 aliphatic heterocycles. The second-order valence-corrected chi connectivity index (χ2v) is 3.94. The normalized spacial score (nSPS) is 12.6. The van der Waals surface area contributed by atoms with Gasteiger partial charge in [-0.1, -0.05) is 27.7 Å². The summed E-state index contributed by atoms with van der Waals surface area (Å²) in [7, 11) is 0. The van der Waals surface area contributed by atoms with Gasteiger partial charge in [-0.25, -0.2) is 0 Å². The van der Waals surface area contributed by atoms with E-state index in [1.807, 2.05) is 0 Å². The molecule has 0 unspecified atom stereocenters. The summed E-state index contributed by atoms with van der Waals surface area (Å²) in [6, 6.07) is 0. The molecular weight excluding hydrogens is 127 g/mol. The van der Waals surface area contributed by atoms with Crippen LogP contribution in [0.25, 0.3) is 0 Å². The van der Waals surface area contributed by atoms with Crippen molar-refractivity contribution in [3.05, 3.63) is 0 Å². The van der Waals surface area contributed by atoms with Crippen LogP contribution in [0.5, 0.6) is 0 Å². The van der Waals surface area contributed by atoms with Crippen molar-refractivity contribution in [3.8, 4) is 0 Å². The molecule has 1 heteroatoms. The topological polar surface area (TPSA) is 0 Å². The minimum atomic E-state index is -0.170. The summed E-state index contributed by atoms with van der Waals surface area (Å²) in [5.74, 6) is 0.652. The summed E-state index contributed by atoms with van der Waals surface area (Å²) < 4.78 is 11.8. The minimum Gasteiger partial charge on any atom is -0.251 e. The third-order valence-electron chi connectivity index (χ3n) is 2.52. The predicted molar refractivity (Wildman–Crippen MR) is 43.8 cm³/mol. The van der Waals surface area contributed by atoms with Crippen LogP contribution < -0.4 is 0 Å². The van der Waals surface area contributed by atoms with E-state index in [1.165, 1.54) is 0 Å². The van der Waals surface area contributed by atoms with Gasteiger partial charge in [0, 0.05) is 0 Å². The maximum Gasteiger partial charge on any atom is 0.0894 e. The van der Waals surface area contributed by atoms with Crippen LogP contribution in [0.2, 0.25) is 0 Å². The Hall–Kier alpha value is -0.0700. The molecule has 0 N–H and O–H groups in total. The summed E-state index contributed by atoms with van der Waals surface area (Å²) in [5, 5.41) is 0. The third kappa shape index (κ3) is 3.19. The average Bonchev–Trinajstić information content (AvgIpc) is 1.84. The van der Waals surface area contributed by atoms with Gasteiger partial charge >= 0.3 is 0 Å². The van der Waals surface area contributed by atoms with Gasteiger partial charge in [-0.15, -0.1) is 0 Å². The van der Waals surface area contributed by atoms with Crippen LogP contribution in [0.1, 0.15) is 40.5 Å². The number of halogens is 1. The van der Waals surface area contributed by atoms with E-state index < -0.39 is 0 Å². The Morgan fingerprint density at radius 3 is 2.10 bits per heavy atom. The van der Waals surface area contributed by atoms with Gasteiger partial charge in [0.2, 0.25) is 0 Å². The first-order chi connectivity index (χ1) is 4.50. The molecule has 62 valence electrons. The lowest BCUT2D eigenvalue weighted by Crippen LogP contribution is -2.18. The van der Waals surface area contributed by atoms with Crippen molar-refractivity contribution >= 4 is 0 Å². The van der Waals surface area contributed by atoms with Crippen molar-refractivity contribution in [3.63, 3.8) is 0 Å². The molecule has 0 aliphatic carbocycles. The van der Waals surface area contributed by atoms with Gasteiger partial charge in [0.1, 0.15) is 0 Å². The molecule has 0 atom stereocenters. The van der Waals surface area contributed by atoms with Crippen molar-refractivity contribution in [2.75, 3.05) is 6.67 Å². The quantitative estimate of drug-likeness (QED) is 0.570. The highest BCUT2D eigenvalue weighted by Gasteiger charge is 2.20. The molecule has 10 heavy (non-hydrogen) atoms. The second-order valence-electron chi connectivity index (χ2n) is 3.94. The van der Waals surface area contributed by atoms with E-state index in [0.29, 0.717) is 17.8 Å². The van der Waals surface area contributed by atoms with Crippen LogP contribution in [0, 0.1) is 11.3 Å². The molecule has 0 nitrogen and oxygen atoms in total. The van der Waals surface area contributed by atoms with Crippen LogP contribution in [-0.2, 0) is 0 Å². The Balaban J connectivity index is 3.63. The number of rotatable bonds is 4. The summed E-state index contributed by atoms with van der Waals surface area (Å²) in [6.45, 7) is 8.62. The molecular formula is C9H19F. The molecule has 0 bridgehead atoms. The Morgan fingerprint density at radius 2 is 1.80 bits per heavy atom. The van der Waals surface area contributed by atoms with Gasteiger partial charge in [-0.05, 0) is 24.2 Å². The highest BCUT2D eigenvalue weighted by Crippen LogP contribution is 2.31. The van der Waals surface area contributed by atoms with E-state index in [1.54, 1.807) is 0 Å². The Morgan fingerprint density at radius 1 is 1.30 bits per heavy atom. The molecule has 0 saturated heterocycles. The molecule has 0 rings (SSSR count). The Bertz CT molecular complexity index is 84.7. The lowest BCUT2D eigenvalue weighted by atomic mass is 9.78. The number of hydrogen-bond donors (Lipinski definition) is 0. The van der Waals surface area contributed by atoms with Gasteiger partial charge in [0.25, 0.3) is 0 Å². The van der Waals surface area contributed by atoms with Crippen molar-refractivity contribution in [1.82, 2.24) is 0 Å². The van der Waals surface area contributed by atoms with Crippen LogP contribution in [0.4, 0.5) is 4.39 Å². The highest BCUT2D eigenvalue weighted by atomic mass is 19.1. The molecule has 0 radical (unpaired) electrons. The fourth-order valence-electron chi connectivity index (χ4n) is 0.811. The first-order valence-electron chi connectivity index (χ1n) is 4.06. The highest BCUT2D eigenvalue weighted by molar-refractivity contribution is 4.71. The lowest BCUT2D eigenvalue weighted by Gasteiger charge is -2.28. The first-order valence-corrected chi connectivity index (χ1v) is 4.06. The predicted octanol–water partition coefficient (Wildman–Crippen LogP) is 3.42. The van der Waals surface area contributed by atoms with Gasteiger partial charge < -0.3 is 0 Å². The summed E-state index contributed by atoms with van der Waals surface area (Å²) >= 11 is 0. The summed E-state index contributed by atoms with van der Waals surface area (Å²) in [4.78, 5) is 0. The van der Waals surface area contributed by atoms with Crippen LogP contribution in [0.3, 0.4) is 0 Å². The van der Waals surface area contributed by atoms with Gasteiger partial charge in [0.15, 0.2) is 0 Å². The van der Waals surface area contributed by atoms with Gasteiger partial charge in [-0.2, -0.15) is 0 Å². The zero-order valence-corrected chi connectivity index (χ0v) is 7.58. The van der Waals surface area contributed by atoms with Crippen molar-refractivity contribution < 1.29 is 4.39 Å². The molecule has 0 aromatic heterocycles. The second kappa shape index (κ2) is 3.95. The maximum absolute atomic E-state index is 11.8. The first kappa shape index (κ1) is 9.93. The zero-order chi connectivity index (χ0) is 8.20. The van der Waals surface area contributed by atoms with Crippen LogP contribution >= 0.6 is 0 Å². The summed E-state index contributed by atoms with van der Waals surface area (Å²) in [6.07, 6.45) is 1.71. The molecule has 0 aromatic rings. The van der Waals surface area contributed by atoms with E-state index in [0.717, 1.165) is 6.42 Å². The standard InChI is InChI=1S/C9H19F/c1-8(2)9(3,4)6-5-7-10/h8H,5-7H2,1-4H3. The minimum absolute atomic E-state index is 0.170. The van der Waals surface area contributed by atoms with E-state index in [-0.39, 0.29) is 6.67 Å². The molecule has 0 aromatic carbocycles. The van der Waals surface area contributed by atoms with Crippen molar-refractivity contribution in [2.24, 2.45) is 11.3 Å². The van der Waals surface area contributed by atoms with Crippen LogP contribution in [0.15, 0.2) is 0 Å². The van der Waals surface area contributed by atoms with E-state index in [2.05, 4.69) is 27.7 Å². The fourth-order valence-corrected chi connectivity index (χ4v) is 0.811. The maximum atomic E-state index is 11.8. The average molecular weight is 146 g/mol. The third-order valence-corrected chi connectivity index (χ3v) is 2.52. The zero-order valence-electron chi connectivity index (χ0n) is 7.58. The smallest absolute Gasteiger partial charge is 0.0894 e. The van der Waals surface area contributed by atoms with Gasteiger partial charge in [-0.3, -0.25) is 4.39 Å². The number of hydrogen-bond acceptors (Lipinski definition) is 0. The fraction of sp³-hybridized carbons (Fsp3) is 1.00. The molecule has 0 aliphatic rings. The molecule has 0 saturated carbocycles. The van der Waals surface area contributed by atoms with Crippen molar-refractivity contribution in [1.29, 1.82) is 0 Å². The molecule has 0 heterocycles. The van der Waals surface area contributed by atoms with E-state index >= 15 is 0 Å². The lowest BCUT2D eigenvalue weighted by molar-refractivity contribution is 0.215. The molecule has 0 amide bonds. The van der Waals surface area contributed by atoms with E-state index in [4.69, 9.17) is 0 Å². The monoisotopic (exact) mass is 146 g/mol. The van der Waals surface area contributed by atoms with Gasteiger partial charge in [0.05, 0.1) is 6.67 Å². The number of alkyl halides is 1. The van der Waals surface area contributed by atoms with Crippen LogP contribution in [-0.4, -0.2) is 6.67 Å². The Kier molecular flexibility index (Phi) is 3.92. The molecule has 0 spiro atoms. The molecule has 0 fully saturated rings. The largest absolute Gasteiger partial charge is 0.251 e. The van der Waals surface area contributed by atoms with Crippen molar-refractivity contribution in [2.45, 2.75) is 40.5 Å². The SMILES string of the molecule is CC(C)C(C)(C)CCCF.